The zero-order chi connectivity index (χ0) is 34.1. The highest BCUT2D eigenvalue weighted by Gasteiger charge is 2.39. The third-order valence-electron chi connectivity index (χ3n) is 10.9. The van der Waals surface area contributed by atoms with Gasteiger partial charge in [-0.2, -0.15) is 0 Å². The Morgan fingerprint density at radius 1 is 0.431 bits per heavy atom. The monoisotopic (exact) mass is 669 g/mol. The Balaban J connectivity index is 1.20. The maximum atomic E-state index is 2.50. The Kier molecular flexibility index (Phi) is 6.78. The summed E-state index contributed by atoms with van der Waals surface area (Å²) in [5.41, 5.74) is 13.6. The van der Waals surface area contributed by atoms with Crippen molar-refractivity contribution < 1.29 is 0 Å². The molecular weight excluding hydrogens is 635 g/mol. The molecular formula is C49H35NS. The Hall–Kier alpha value is -5.96. The molecule has 0 unspecified atom stereocenters. The van der Waals surface area contributed by atoms with E-state index in [0.29, 0.717) is 0 Å². The lowest BCUT2D eigenvalue weighted by molar-refractivity contribution is 0.661. The minimum absolute atomic E-state index is 0.174. The van der Waals surface area contributed by atoms with E-state index >= 15 is 0 Å². The fraction of sp³-hybridized carbons (Fsp3) is 0.0612. The van der Waals surface area contributed by atoms with Crippen molar-refractivity contribution in [2.24, 2.45) is 0 Å². The van der Waals surface area contributed by atoms with Crippen LogP contribution in [0.5, 0.6) is 0 Å². The molecule has 51 heavy (non-hydrogen) atoms. The normalized spacial score (nSPS) is 13.1. The number of hydrogen-bond donors (Lipinski definition) is 0. The molecule has 2 heteroatoms. The van der Waals surface area contributed by atoms with Gasteiger partial charge in [0, 0.05) is 36.8 Å². The minimum Gasteiger partial charge on any atom is -0.310 e. The summed E-state index contributed by atoms with van der Waals surface area (Å²) in [6.07, 6.45) is 0. The maximum Gasteiger partial charge on any atom is 0.0540 e. The first-order valence-corrected chi connectivity index (χ1v) is 18.5. The molecule has 1 heterocycles. The van der Waals surface area contributed by atoms with Gasteiger partial charge in [-0.05, 0) is 92.2 Å². The molecule has 0 amide bonds. The van der Waals surface area contributed by atoms with Gasteiger partial charge in [0.2, 0.25) is 0 Å². The largest absolute Gasteiger partial charge is 0.310 e. The van der Waals surface area contributed by atoms with Gasteiger partial charge < -0.3 is 4.90 Å². The SMILES string of the molecule is CC1(C)c2ccccc2-c2cccc(N(c3ccc(-c4cccc5ccccc45)cc3)c3ccccc3-c3ccc4sc5ccccc5c4c3)c21. The van der Waals surface area contributed by atoms with E-state index in [2.05, 4.69) is 195 Å². The van der Waals surface area contributed by atoms with Crippen molar-refractivity contribution in [1.82, 2.24) is 0 Å². The van der Waals surface area contributed by atoms with Gasteiger partial charge >= 0.3 is 0 Å². The van der Waals surface area contributed by atoms with E-state index in [1.165, 1.54) is 81.1 Å². The number of para-hydroxylation sites is 1. The van der Waals surface area contributed by atoms with E-state index < -0.39 is 0 Å². The summed E-state index contributed by atoms with van der Waals surface area (Å²) in [7, 11) is 0. The van der Waals surface area contributed by atoms with Crippen LogP contribution in [0.25, 0.3) is 64.3 Å². The molecule has 0 spiro atoms. The lowest BCUT2D eigenvalue weighted by atomic mass is 9.81. The summed E-state index contributed by atoms with van der Waals surface area (Å²) in [6.45, 7) is 4.76. The molecule has 1 nitrogen and oxygen atoms in total. The lowest BCUT2D eigenvalue weighted by Crippen LogP contribution is -2.21. The predicted octanol–water partition coefficient (Wildman–Crippen LogP) is 14.3. The van der Waals surface area contributed by atoms with E-state index in [0.717, 1.165) is 11.4 Å². The molecule has 9 aromatic rings. The molecule has 1 aliphatic rings. The fourth-order valence-corrected chi connectivity index (χ4v) is 9.57. The third kappa shape index (κ3) is 4.67. The van der Waals surface area contributed by atoms with Crippen LogP contribution < -0.4 is 4.90 Å². The molecule has 0 aliphatic heterocycles. The van der Waals surface area contributed by atoms with Crippen LogP contribution in [-0.2, 0) is 5.41 Å². The number of nitrogens with zero attached hydrogens (tertiary/aromatic N) is 1. The van der Waals surface area contributed by atoms with Crippen LogP contribution in [0.15, 0.2) is 176 Å². The predicted molar refractivity (Wildman–Crippen MR) is 220 cm³/mol. The van der Waals surface area contributed by atoms with Crippen molar-refractivity contribution in [3.8, 4) is 33.4 Å². The number of anilines is 3. The summed E-state index contributed by atoms with van der Waals surface area (Å²) in [6, 6.07) is 64.9. The summed E-state index contributed by atoms with van der Waals surface area (Å²) >= 11 is 1.87. The third-order valence-corrected chi connectivity index (χ3v) is 12.0. The molecule has 0 fully saturated rings. The molecule has 0 bridgehead atoms. The molecule has 1 aliphatic carbocycles. The summed E-state index contributed by atoms with van der Waals surface area (Å²) < 4.78 is 2.64. The average Bonchev–Trinajstić information content (AvgIpc) is 3.67. The molecule has 1 aromatic heterocycles. The Morgan fingerprint density at radius 3 is 1.92 bits per heavy atom. The van der Waals surface area contributed by atoms with Crippen LogP contribution in [0.1, 0.15) is 25.0 Å². The van der Waals surface area contributed by atoms with Crippen molar-refractivity contribution in [1.29, 1.82) is 0 Å². The second kappa shape index (κ2) is 11.6. The first-order chi connectivity index (χ1) is 25.1. The number of hydrogen-bond acceptors (Lipinski definition) is 2. The summed E-state index contributed by atoms with van der Waals surface area (Å²) in [4.78, 5) is 2.50. The van der Waals surface area contributed by atoms with Crippen LogP contribution in [0.4, 0.5) is 17.1 Å². The summed E-state index contributed by atoms with van der Waals surface area (Å²) in [5.74, 6) is 0. The zero-order valence-electron chi connectivity index (χ0n) is 28.6. The van der Waals surface area contributed by atoms with Gasteiger partial charge in [-0.15, -0.1) is 11.3 Å². The lowest BCUT2D eigenvalue weighted by Gasteiger charge is -2.33. The molecule has 8 aromatic carbocycles. The van der Waals surface area contributed by atoms with Crippen molar-refractivity contribution in [2.75, 3.05) is 4.90 Å². The zero-order valence-corrected chi connectivity index (χ0v) is 29.4. The molecule has 10 rings (SSSR count). The maximum absolute atomic E-state index is 2.50. The number of thiophene rings is 1. The second-order valence-electron chi connectivity index (χ2n) is 14.1. The Labute approximate surface area is 302 Å². The molecule has 0 saturated heterocycles. The second-order valence-corrected chi connectivity index (χ2v) is 15.2. The molecule has 242 valence electrons. The van der Waals surface area contributed by atoms with Gasteiger partial charge in [0.1, 0.15) is 0 Å². The van der Waals surface area contributed by atoms with Crippen molar-refractivity contribution in [3.63, 3.8) is 0 Å². The average molecular weight is 670 g/mol. The van der Waals surface area contributed by atoms with Gasteiger partial charge in [0.05, 0.1) is 11.4 Å². The molecule has 0 saturated carbocycles. The van der Waals surface area contributed by atoms with Crippen LogP contribution >= 0.6 is 11.3 Å². The van der Waals surface area contributed by atoms with Crippen molar-refractivity contribution in [2.45, 2.75) is 19.3 Å². The highest BCUT2D eigenvalue weighted by atomic mass is 32.1. The van der Waals surface area contributed by atoms with E-state index in [-0.39, 0.29) is 5.41 Å². The Morgan fingerprint density at radius 2 is 1.04 bits per heavy atom. The Bertz CT molecular complexity index is 2780. The quantitative estimate of drug-likeness (QED) is 0.176. The number of rotatable bonds is 5. The fourth-order valence-electron chi connectivity index (χ4n) is 8.49. The smallest absolute Gasteiger partial charge is 0.0540 e. The van der Waals surface area contributed by atoms with E-state index in [4.69, 9.17) is 0 Å². The number of fused-ring (bicyclic) bond motifs is 7. The minimum atomic E-state index is -0.174. The van der Waals surface area contributed by atoms with Crippen molar-refractivity contribution in [3.05, 3.63) is 187 Å². The molecule has 0 N–H and O–H groups in total. The van der Waals surface area contributed by atoms with Gasteiger partial charge in [0.15, 0.2) is 0 Å². The van der Waals surface area contributed by atoms with E-state index in [1.54, 1.807) is 0 Å². The molecule has 0 atom stereocenters. The molecule has 0 radical (unpaired) electrons. The standard InChI is InChI=1S/C49H35NS/c1-49(2)43-21-8-5-17-39(43)41-20-12-23-45(48(41)49)50(35-28-25-33(26-29-35)37-19-11-14-32-13-3-4-15-36(32)37)44-22-9-6-16-38(44)34-27-30-47-42(31-34)40-18-7-10-24-46(40)51-47/h3-31H,1-2H3. The van der Waals surface area contributed by atoms with Gasteiger partial charge in [-0.25, -0.2) is 0 Å². The van der Waals surface area contributed by atoms with E-state index in [1.807, 2.05) is 11.3 Å². The van der Waals surface area contributed by atoms with Gasteiger partial charge in [0.25, 0.3) is 0 Å². The van der Waals surface area contributed by atoms with Crippen LogP contribution in [0.2, 0.25) is 0 Å². The highest BCUT2D eigenvalue weighted by Crippen LogP contribution is 2.55. The van der Waals surface area contributed by atoms with Gasteiger partial charge in [-0.3, -0.25) is 0 Å². The first-order valence-electron chi connectivity index (χ1n) is 17.7. The first kappa shape index (κ1) is 29.9. The van der Waals surface area contributed by atoms with Crippen LogP contribution in [0.3, 0.4) is 0 Å². The summed E-state index contributed by atoms with van der Waals surface area (Å²) in [5, 5.41) is 5.16. The van der Waals surface area contributed by atoms with Crippen LogP contribution in [-0.4, -0.2) is 0 Å². The highest BCUT2D eigenvalue weighted by molar-refractivity contribution is 7.25. The van der Waals surface area contributed by atoms with Crippen LogP contribution in [0, 0.1) is 0 Å². The van der Waals surface area contributed by atoms with E-state index in [9.17, 15) is 0 Å². The van der Waals surface area contributed by atoms with Crippen molar-refractivity contribution >= 4 is 59.3 Å². The number of benzene rings is 8. The van der Waals surface area contributed by atoms with Gasteiger partial charge in [-0.1, -0.05) is 147 Å². The topological polar surface area (TPSA) is 3.24 Å².